The Hall–Kier alpha value is -0.0800. The summed E-state index contributed by atoms with van der Waals surface area (Å²) >= 11 is 6.37. The molecule has 124 valence electrons. The van der Waals surface area contributed by atoms with Gasteiger partial charge in [0.2, 0.25) is 0 Å². The molecule has 0 radical (unpaired) electrons. The van der Waals surface area contributed by atoms with Crippen molar-refractivity contribution < 1.29 is 9.90 Å². The van der Waals surface area contributed by atoms with Gasteiger partial charge < -0.3 is 5.11 Å². The van der Waals surface area contributed by atoms with E-state index < -0.39 is 0 Å². The van der Waals surface area contributed by atoms with E-state index in [1.54, 1.807) is 0 Å². The molecule has 0 aliphatic heterocycles. The zero-order chi connectivity index (χ0) is 15.7. The highest BCUT2D eigenvalue weighted by molar-refractivity contribution is 6.32. The van der Waals surface area contributed by atoms with Crippen molar-refractivity contribution in [1.29, 1.82) is 0 Å². The normalized spacial score (nSPS) is 57.9. The summed E-state index contributed by atoms with van der Waals surface area (Å²) in [7, 11) is 0. The minimum absolute atomic E-state index is 0.0799. The Balaban J connectivity index is 1.64. The van der Waals surface area contributed by atoms with Gasteiger partial charge in [-0.2, -0.15) is 0 Å². The predicted molar refractivity (Wildman–Crippen MR) is 87.8 cm³/mol. The smallest absolute Gasteiger partial charge is 0.156 e. The van der Waals surface area contributed by atoms with Gasteiger partial charge in [-0.3, -0.25) is 4.79 Å². The number of ketones is 1. The molecule has 4 aliphatic rings. The van der Waals surface area contributed by atoms with Crippen LogP contribution < -0.4 is 0 Å². The lowest BCUT2D eigenvalue weighted by Crippen LogP contribution is -2.54. The number of hydrogen-bond donors (Lipinski definition) is 1. The molecule has 22 heavy (non-hydrogen) atoms. The third-order valence-electron chi connectivity index (χ3n) is 8.34. The molecule has 0 saturated heterocycles. The summed E-state index contributed by atoms with van der Waals surface area (Å²) in [6, 6.07) is 0. The van der Waals surface area contributed by atoms with Gasteiger partial charge in [-0.15, -0.1) is 11.6 Å². The fraction of sp³-hybridized carbons (Fsp3) is 0.947. The Labute approximate surface area is 139 Å². The first kappa shape index (κ1) is 15.4. The van der Waals surface area contributed by atoms with Crippen molar-refractivity contribution in [3.8, 4) is 0 Å². The van der Waals surface area contributed by atoms with E-state index in [4.69, 9.17) is 11.6 Å². The molecular weight excluding hydrogens is 296 g/mol. The summed E-state index contributed by atoms with van der Waals surface area (Å²) in [6.45, 7) is 4.68. The molecule has 0 aromatic rings. The third-order valence-corrected chi connectivity index (χ3v) is 8.71. The maximum atomic E-state index is 12.6. The quantitative estimate of drug-likeness (QED) is 0.679. The number of halogens is 1. The molecule has 0 spiro atoms. The molecule has 0 aromatic carbocycles. The van der Waals surface area contributed by atoms with Crippen LogP contribution in [0.25, 0.3) is 0 Å². The van der Waals surface area contributed by atoms with Crippen molar-refractivity contribution in [3.63, 3.8) is 0 Å². The first-order valence-corrected chi connectivity index (χ1v) is 9.66. The highest BCUT2D eigenvalue weighted by Gasteiger charge is 2.62. The number of alkyl halides is 1. The number of hydrogen-bond acceptors (Lipinski definition) is 2. The summed E-state index contributed by atoms with van der Waals surface area (Å²) in [5.41, 5.74) is 0.238. The summed E-state index contributed by atoms with van der Waals surface area (Å²) in [5.74, 6) is 2.94. The Morgan fingerprint density at radius 3 is 2.59 bits per heavy atom. The van der Waals surface area contributed by atoms with Gasteiger partial charge >= 0.3 is 0 Å². The Morgan fingerprint density at radius 2 is 1.82 bits per heavy atom. The van der Waals surface area contributed by atoms with Gasteiger partial charge in [-0.25, -0.2) is 0 Å². The van der Waals surface area contributed by atoms with Crippen molar-refractivity contribution in [2.75, 3.05) is 0 Å². The molecule has 0 bridgehead atoms. The maximum Gasteiger partial charge on any atom is 0.156 e. The van der Waals surface area contributed by atoms with Gasteiger partial charge in [0.15, 0.2) is 5.78 Å². The predicted octanol–water partition coefficient (Wildman–Crippen LogP) is 4.18. The lowest BCUT2D eigenvalue weighted by Gasteiger charge is -2.60. The van der Waals surface area contributed by atoms with E-state index in [-0.39, 0.29) is 16.9 Å². The fourth-order valence-corrected chi connectivity index (χ4v) is 7.43. The lowest BCUT2D eigenvalue weighted by atomic mass is 9.45. The molecule has 0 aromatic heterocycles. The molecule has 1 unspecified atom stereocenters. The SMILES string of the molecule is C[C@]12CC[C@H](O)CC1CC[C@@H]1[C@@H]2CC[C@]2(C)C(=O)[C@@H](Cl)C[C@@H]12. The van der Waals surface area contributed by atoms with Crippen LogP contribution in [-0.2, 0) is 4.79 Å². The second-order valence-electron chi connectivity index (χ2n) is 9.11. The van der Waals surface area contributed by atoms with Crippen LogP contribution in [0, 0.1) is 34.5 Å². The van der Waals surface area contributed by atoms with Gasteiger partial charge in [0.1, 0.15) is 0 Å². The van der Waals surface area contributed by atoms with Crippen LogP contribution in [0.5, 0.6) is 0 Å². The summed E-state index contributed by atoms with van der Waals surface area (Å²) < 4.78 is 0. The highest BCUT2D eigenvalue weighted by atomic mass is 35.5. The van der Waals surface area contributed by atoms with Crippen LogP contribution in [0.3, 0.4) is 0 Å². The molecule has 4 rings (SSSR count). The minimum atomic E-state index is -0.243. The Morgan fingerprint density at radius 1 is 1.05 bits per heavy atom. The monoisotopic (exact) mass is 324 g/mol. The van der Waals surface area contributed by atoms with Crippen LogP contribution in [0.15, 0.2) is 0 Å². The van der Waals surface area contributed by atoms with Crippen LogP contribution in [0.2, 0.25) is 0 Å². The first-order valence-electron chi connectivity index (χ1n) is 9.23. The topological polar surface area (TPSA) is 37.3 Å². The summed E-state index contributed by atoms with van der Waals surface area (Å²) in [5, 5.41) is 9.81. The molecule has 4 saturated carbocycles. The van der Waals surface area contributed by atoms with Crippen molar-refractivity contribution in [2.24, 2.45) is 34.5 Å². The largest absolute Gasteiger partial charge is 0.393 e. The fourth-order valence-electron chi connectivity index (χ4n) is 6.98. The number of fused-ring (bicyclic) bond motifs is 5. The second-order valence-corrected chi connectivity index (χ2v) is 9.64. The minimum Gasteiger partial charge on any atom is -0.393 e. The van der Waals surface area contributed by atoms with Crippen LogP contribution in [0.4, 0.5) is 0 Å². The number of Topliss-reactive ketones (excluding diaryl/α,β-unsaturated/α-hetero) is 1. The van der Waals surface area contributed by atoms with E-state index in [1.807, 2.05) is 0 Å². The van der Waals surface area contributed by atoms with E-state index in [2.05, 4.69) is 13.8 Å². The molecule has 1 N–H and O–H groups in total. The average molecular weight is 325 g/mol. The molecule has 4 fully saturated rings. The van der Waals surface area contributed by atoms with Crippen LogP contribution in [-0.4, -0.2) is 22.4 Å². The summed E-state index contributed by atoms with van der Waals surface area (Å²) in [4.78, 5) is 12.6. The standard InChI is InChI=1S/C19H29ClO2/c1-18-7-5-12(21)9-11(18)3-4-13-14(18)6-8-19(2)15(13)10-16(20)17(19)22/h11-16,21H,3-10H2,1-2H3/t11?,12-,13+,14-,15-,16-,18-,19-/m0/s1. The zero-order valence-corrected chi connectivity index (χ0v) is 14.6. The van der Waals surface area contributed by atoms with Gasteiger partial charge in [0.05, 0.1) is 11.5 Å². The Bertz CT molecular complexity index is 492. The zero-order valence-electron chi connectivity index (χ0n) is 13.9. The molecule has 0 amide bonds. The number of carbonyl (C=O) groups excluding carboxylic acids is 1. The average Bonchev–Trinajstić information content (AvgIpc) is 2.72. The Kier molecular flexibility index (Phi) is 3.48. The molecular formula is C19H29ClO2. The van der Waals surface area contributed by atoms with Gasteiger partial charge in [-0.05, 0) is 80.5 Å². The van der Waals surface area contributed by atoms with Crippen LogP contribution in [0.1, 0.15) is 65.2 Å². The van der Waals surface area contributed by atoms with Crippen molar-refractivity contribution >= 4 is 17.4 Å². The van der Waals surface area contributed by atoms with E-state index >= 15 is 0 Å². The lowest BCUT2D eigenvalue weighted by molar-refractivity contribution is -0.142. The molecule has 0 heterocycles. The molecule has 8 atom stereocenters. The van der Waals surface area contributed by atoms with E-state index in [1.165, 1.54) is 25.7 Å². The second kappa shape index (κ2) is 4.96. The first-order chi connectivity index (χ1) is 10.4. The summed E-state index contributed by atoms with van der Waals surface area (Å²) in [6.07, 6.45) is 8.67. The van der Waals surface area contributed by atoms with E-state index in [0.29, 0.717) is 29.0 Å². The van der Waals surface area contributed by atoms with E-state index in [9.17, 15) is 9.90 Å². The van der Waals surface area contributed by atoms with E-state index in [0.717, 1.165) is 31.6 Å². The maximum absolute atomic E-state index is 12.6. The number of rotatable bonds is 0. The van der Waals surface area contributed by atoms with Gasteiger partial charge in [-0.1, -0.05) is 13.8 Å². The highest BCUT2D eigenvalue weighted by Crippen LogP contribution is 2.65. The third kappa shape index (κ3) is 1.92. The number of carbonyl (C=O) groups is 1. The van der Waals surface area contributed by atoms with Crippen LogP contribution >= 0.6 is 11.6 Å². The number of aliphatic hydroxyl groups excluding tert-OH is 1. The van der Waals surface area contributed by atoms with Crippen molar-refractivity contribution in [1.82, 2.24) is 0 Å². The molecule has 2 nitrogen and oxygen atoms in total. The number of aliphatic hydroxyl groups is 1. The van der Waals surface area contributed by atoms with Crippen molar-refractivity contribution in [2.45, 2.75) is 76.7 Å². The molecule has 3 heteroatoms. The van der Waals surface area contributed by atoms with Gasteiger partial charge in [0.25, 0.3) is 0 Å². The van der Waals surface area contributed by atoms with Gasteiger partial charge in [0, 0.05) is 5.41 Å². The van der Waals surface area contributed by atoms with Crippen molar-refractivity contribution in [3.05, 3.63) is 0 Å². The molecule has 4 aliphatic carbocycles.